The summed E-state index contributed by atoms with van der Waals surface area (Å²) in [5, 5.41) is 0. The summed E-state index contributed by atoms with van der Waals surface area (Å²) >= 11 is 0. The van der Waals surface area contributed by atoms with Crippen molar-refractivity contribution in [3.8, 4) is 0 Å². The van der Waals surface area contributed by atoms with Crippen molar-refractivity contribution in [3.63, 3.8) is 0 Å². The van der Waals surface area contributed by atoms with Gasteiger partial charge in [0.15, 0.2) is 0 Å². The molecular formula is C14H16IrNO2-. The number of aliphatic imine (C=N–C) groups is 1. The Balaban J connectivity index is 0.00000162. The molecule has 0 bridgehead atoms. The van der Waals surface area contributed by atoms with Crippen LogP contribution in [0.2, 0.25) is 0 Å². The summed E-state index contributed by atoms with van der Waals surface area (Å²) in [5.41, 5.74) is 0.111. The van der Waals surface area contributed by atoms with E-state index in [0.717, 1.165) is 11.3 Å². The van der Waals surface area contributed by atoms with Crippen molar-refractivity contribution in [2.75, 3.05) is 0 Å². The topological polar surface area (TPSA) is 38.7 Å². The van der Waals surface area contributed by atoms with Crippen molar-refractivity contribution in [1.29, 1.82) is 0 Å². The average molecular weight is 423 g/mol. The molecule has 0 spiro atoms. The normalized spacial score (nSPS) is 20.4. The summed E-state index contributed by atoms with van der Waals surface area (Å²) in [6.45, 7) is 7.21. The van der Waals surface area contributed by atoms with Gasteiger partial charge in [0.25, 0.3) is 0 Å². The van der Waals surface area contributed by atoms with Crippen LogP contribution in [0, 0.1) is 6.07 Å². The van der Waals surface area contributed by atoms with Gasteiger partial charge in [-0.15, -0.1) is 35.9 Å². The Morgan fingerprint density at radius 3 is 2.44 bits per heavy atom. The van der Waals surface area contributed by atoms with Crippen molar-refractivity contribution in [2.45, 2.75) is 38.8 Å². The summed E-state index contributed by atoms with van der Waals surface area (Å²) in [6.07, 6.45) is 0. The Kier molecular flexibility index (Phi) is 4.14. The monoisotopic (exact) mass is 423 g/mol. The van der Waals surface area contributed by atoms with Gasteiger partial charge in [-0.3, -0.25) is 0 Å². The third-order valence-electron chi connectivity index (χ3n) is 2.77. The zero-order chi connectivity index (χ0) is 12.7. The van der Waals surface area contributed by atoms with Gasteiger partial charge < -0.3 is 9.73 Å². The van der Waals surface area contributed by atoms with E-state index >= 15 is 0 Å². The largest absolute Gasteiger partial charge is 0.461 e. The van der Waals surface area contributed by atoms with E-state index in [1.54, 1.807) is 13.8 Å². The number of carbonyl (C=O) groups is 1. The van der Waals surface area contributed by atoms with Gasteiger partial charge in [-0.1, -0.05) is 0 Å². The first-order valence-electron chi connectivity index (χ1n) is 5.64. The molecule has 1 radical (unpaired) electrons. The van der Waals surface area contributed by atoms with Crippen molar-refractivity contribution in [1.82, 2.24) is 0 Å². The van der Waals surface area contributed by atoms with Gasteiger partial charge in [-0.05, 0) is 27.7 Å². The molecule has 0 N–H and O–H groups in total. The van der Waals surface area contributed by atoms with Crippen LogP contribution in [0.25, 0.3) is 0 Å². The number of carbonyl (C=O) groups excluding carboxylic acids is 1. The van der Waals surface area contributed by atoms with Gasteiger partial charge in [0, 0.05) is 25.8 Å². The van der Waals surface area contributed by atoms with Gasteiger partial charge in [0.05, 0.1) is 0 Å². The number of nitrogens with zero attached hydrogens (tertiary/aromatic N) is 1. The molecule has 3 nitrogen and oxygen atoms in total. The van der Waals surface area contributed by atoms with E-state index in [1.165, 1.54) is 0 Å². The van der Waals surface area contributed by atoms with E-state index in [0.29, 0.717) is 0 Å². The van der Waals surface area contributed by atoms with E-state index in [4.69, 9.17) is 4.74 Å². The van der Waals surface area contributed by atoms with Crippen LogP contribution < -0.4 is 0 Å². The molecule has 1 heterocycles. The summed E-state index contributed by atoms with van der Waals surface area (Å²) < 4.78 is 5.47. The molecule has 1 aromatic rings. The third kappa shape index (κ3) is 2.70. The first-order valence-corrected chi connectivity index (χ1v) is 5.64. The Morgan fingerprint density at radius 1 is 1.22 bits per heavy atom. The van der Waals surface area contributed by atoms with E-state index in [2.05, 4.69) is 11.1 Å². The maximum absolute atomic E-state index is 11.8. The van der Waals surface area contributed by atoms with Crippen LogP contribution in [0.5, 0.6) is 0 Å². The zero-order valence-corrected chi connectivity index (χ0v) is 13.3. The van der Waals surface area contributed by atoms with Crippen molar-refractivity contribution in [2.24, 2.45) is 4.99 Å². The van der Waals surface area contributed by atoms with Crippen LogP contribution in [0.15, 0.2) is 29.3 Å². The molecule has 99 valence electrons. The third-order valence-corrected chi connectivity index (χ3v) is 2.77. The van der Waals surface area contributed by atoms with Gasteiger partial charge in [-0.25, -0.2) is 4.79 Å². The van der Waals surface area contributed by atoms with E-state index in [1.807, 2.05) is 38.1 Å². The minimum Gasteiger partial charge on any atom is -0.461 e. The fraction of sp³-hybridized carbons (Fsp3) is 0.429. The molecule has 1 aliphatic rings. The molecule has 0 aliphatic carbocycles. The Labute approximate surface area is 121 Å². The fourth-order valence-corrected chi connectivity index (χ4v) is 1.79. The van der Waals surface area contributed by atoms with Crippen LogP contribution >= 0.6 is 0 Å². The SMILES string of the molecule is CC1(C)N=C(c2[c-]cccc2)C(C)(C)OC1=O.[Ir]. The molecule has 0 amide bonds. The second-order valence-electron chi connectivity index (χ2n) is 5.20. The van der Waals surface area contributed by atoms with E-state index in [-0.39, 0.29) is 26.1 Å². The first kappa shape index (κ1) is 15.1. The molecule has 0 fully saturated rings. The maximum Gasteiger partial charge on any atom is 0.332 e. The molecule has 1 aliphatic heterocycles. The second-order valence-corrected chi connectivity index (χ2v) is 5.20. The van der Waals surface area contributed by atoms with Crippen molar-refractivity contribution < 1.29 is 29.6 Å². The van der Waals surface area contributed by atoms with Gasteiger partial charge in [0.2, 0.25) is 0 Å². The predicted octanol–water partition coefficient (Wildman–Crippen LogP) is 2.39. The minimum absolute atomic E-state index is 0. The molecule has 0 saturated heterocycles. The van der Waals surface area contributed by atoms with Crippen LogP contribution in [0.1, 0.15) is 33.3 Å². The summed E-state index contributed by atoms with van der Waals surface area (Å²) in [4.78, 5) is 16.3. The minimum atomic E-state index is -0.825. The Hall–Kier alpha value is -0.991. The number of esters is 1. The molecule has 0 saturated carbocycles. The summed E-state index contributed by atoms with van der Waals surface area (Å²) in [5.74, 6) is -0.290. The maximum atomic E-state index is 11.8. The zero-order valence-electron chi connectivity index (χ0n) is 10.9. The number of hydrogen-bond donors (Lipinski definition) is 0. The fourth-order valence-electron chi connectivity index (χ4n) is 1.79. The van der Waals surface area contributed by atoms with Crippen LogP contribution in [-0.2, 0) is 29.6 Å². The molecule has 0 atom stereocenters. The quantitative estimate of drug-likeness (QED) is 0.515. The van der Waals surface area contributed by atoms with Gasteiger partial charge in [-0.2, -0.15) is 0 Å². The second kappa shape index (κ2) is 4.94. The number of cyclic esters (lactones) is 1. The number of benzene rings is 1. The molecular weight excluding hydrogens is 406 g/mol. The Morgan fingerprint density at radius 2 is 1.89 bits per heavy atom. The molecule has 0 aromatic heterocycles. The standard InChI is InChI=1S/C14H16NO2.Ir/c1-13(2)12(16)17-14(3,4)11(15-13)10-8-6-5-7-9-10;/h5-8H,1-4H3;/q-1;. The van der Waals surface area contributed by atoms with Crippen LogP contribution in [-0.4, -0.2) is 22.8 Å². The first-order chi connectivity index (χ1) is 7.83. The van der Waals surface area contributed by atoms with Crippen LogP contribution in [0.3, 0.4) is 0 Å². The average Bonchev–Trinajstić information content (AvgIpc) is 2.25. The van der Waals surface area contributed by atoms with Gasteiger partial charge in [0.1, 0.15) is 11.1 Å². The summed E-state index contributed by atoms with van der Waals surface area (Å²) in [6, 6.07) is 10.7. The van der Waals surface area contributed by atoms with Crippen molar-refractivity contribution in [3.05, 3.63) is 35.9 Å². The van der Waals surface area contributed by atoms with E-state index in [9.17, 15) is 4.79 Å². The molecule has 2 rings (SSSR count). The van der Waals surface area contributed by atoms with Gasteiger partial charge >= 0.3 is 5.97 Å². The van der Waals surface area contributed by atoms with Crippen molar-refractivity contribution >= 4 is 11.7 Å². The molecule has 4 heteroatoms. The number of hydrogen-bond acceptors (Lipinski definition) is 3. The van der Waals surface area contributed by atoms with Crippen LogP contribution in [0.4, 0.5) is 0 Å². The molecule has 1 aromatic carbocycles. The smallest absolute Gasteiger partial charge is 0.332 e. The predicted molar refractivity (Wildman–Crippen MR) is 66.1 cm³/mol. The summed E-state index contributed by atoms with van der Waals surface area (Å²) in [7, 11) is 0. The Bertz CT molecular complexity index is 478. The molecule has 0 unspecified atom stereocenters. The van der Waals surface area contributed by atoms with E-state index < -0.39 is 11.1 Å². The number of rotatable bonds is 1. The number of ether oxygens (including phenoxy) is 1. The molecule has 18 heavy (non-hydrogen) atoms.